The molecule has 1 atom stereocenters. The molecule has 0 saturated heterocycles. The van der Waals surface area contributed by atoms with Crippen LogP contribution in [-0.4, -0.2) is 19.8 Å². The maximum absolute atomic E-state index is 13.0. The number of nitriles is 1. The Hall–Kier alpha value is -2.23. The number of rotatable bonds is 4. The normalized spacial score (nSPS) is 12.9. The molecule has 0 N–H and O–H groups in total. The summed E-state index contributed by atoms with van der Waals surface area (Å²) in [5.41, 5.74) is 0.766. The molecule has 0 bridgehead atoms. The van der Waals surface area contributed by atoms with Crippen molar-refractivity contribution >= 4 is 10.0 Å². The lowest BCUT2D eigenvalue weighted by atomic mass is 10.1. The van der Waals surface area contributed by atoms with Crippen LogP contribution in [0.4, 0.5) is 4.39 Å². The van der Waals surface area contributed by atoms with Gasteiger partial charge in [-0.25, -0.2) is 12.8 Å². The van der Waals surface area contributed by atoms with Gasteiger partial charge in [0.1, 0.15) is 11.9 Å². The van der Waals surface area contributed by atoms with Crippen molar-refractivity contribution in [2.24, 2.45) is 0 Å². The zero-order valence-corrected chi connectivity index (χ0v) is 13.0. The molecular weight excluding hydrogens is 303 g/mol. The molecule has 0 aliphatic carbocycles. The predicted molar refractivity (Wildman–Crippen MR) is 80.9 cm³/mol. The van der Waals surface area contributed by atoms with Gasteiger partial charge in [0.05, 0.1) is 10.5 Å². The van der Waals surface area contributed by atoms with Crippen LogP contribution in [0.5, 0.6) is 0 Å². The largest absolute Gasteiger partial charge is 0.244 e. The summed E-state index contributed by atoms with van der Waals surface area (Å²) in [6.07, 6.45) is 0. The van der Waals surface area contributed by atoms with E-state index in [1.165, 1.54) is 35.6 Å². The molecule has 1 unspecified atom stereocenters. The third-order valence-corrected chi connectivity index (χ3v) is 5.55. The maximum Gasteiger partial charge on any atom is 0.244 e. The first-order chi connectivity index (χ1) is 10.4. The number of hydrogen-bond acceptors (Lipinski definition) is 3. The average molecular weight is 318 g/mol. The summed E-state index contributed by atoms with van der Waals surface area (Å²) in [6.45, 7) is 1.71. The van der Waals surface area contributed by atoms with Crippen LogP contribution in [0.15, 0.2) is 53.4 Å². The van der Waals surface area contributed by atoms with Crippen molar-refractivity contribution in [3.8, 4) is 6.07 Å². The molecule has 4 nitrogen and oxygen atoms in total. The van der Waals surface area contributed by atoms with Gasteiger partial charge in [-0.05, 0) is 36.8 Å². The number of benzene rings is 2. The predicted octanol–water partition coefficient (Wildman–Crippen LogP) is 3.08. The summed E-state index contributed by atoms with van der Waals surface area (Å²) in [5, 5.41) is 9.08. The molecule has 0 spiro atoms. The molecule has 2 aromatic carbocycles. The highest BCUT2D eigenvalue weighted by molar-refractivity contribution is 7.89. The molecule has 0 aliphatic rings. The summed E-state index contributed by atoms with van der Waals surface area (Å²) < 4.78 is 39.5. The number of hydrogen-bond donors (Lipinski definition) is 0. The Labute approximate surface area is 129 Å². The second kappa shape index (κ2) is 6.26. The van der Waals surface area contributed by atoms with Crippen LogP contribution in [0.1, 0.15) is 24.1 Å². The molecule has 22 heavy (non-hydrogen) atoms. The molecule has 114 valence electrons. The molecule has 0 aliphatic heterocycles. The van der Waals surface area contributed by atoms with E-state index in [9.17, 15) is 12.8 Å². The molecule has 0 amide bonds. The average Bonchev–Trinajstić information content (AvgIpc) is 2.54. The van der Waals surface area contributed by atoms with E-state index < -0.39 is 16.1 Å². The van der Waals surface area contributed by atoms with Crippen molar-refractivity contribution < 1.29 is 12.8 Å². The van der Waals surface area contributed by atoms with Crippen molar-refractivity contribution in [1.29, 1.82) is 5.26 Å². The minimum absolute atomic E-state index is 0.0334. The van der Waals surface area contributed by atoms with Gasteiger partial charge in [0.25, 0.3) is 0 Å². The van der Waals surface area contributed by atoms with Gasteiger partial charge in [0.2, 0.25) is 10.0 Å². The maximum atomic E-state index is 13.0. The minimum Gasteiger partial charge on any atom is -0.207 e. The van der Waals surface area contributed by atoms with Crippen molar-refractivity contribution in [1.82, 2.24) is 4.31 Å². The Morgan fingerprint density at radius 1 is 1.14 bits per heavy atom. The van der Waals surface area contributed by atoms with E-state index in [-0.39, 0.29) is 16.3 Å². The van der Waals surface area contributed by atoms with Crippen LogP contribution in [0.2, 0.25) is 0 Å². The highest BCUT2D eigenvalue weighted by atomic mass is 32.2. The zero-order valence-electron chi connectivity index (χ0n) is 12.2. The fourth-order valence-corrected chi connectivity index (χ4v) is 3.59. The van der Waals surface area contributed by atoms with Gasteiger partial charge in [-0.15, -0.1) is 0 Å². The van der Waals surface area contributed by atoms with Gasteiger partial charge in [-0.3, -0.25) is 0 Å². The Morgan fingerprint density at radius 3 is 2.32 bits per heavy atom. The van der Waals surface area contributed by atoms with E-state index in [2.05, 4.69) is 0 Å². The standard InChI is InChI=1S/C16H15FN2O2S/c1-12(13-7-9-15(17)10-8-13)19(2)22(20,21)16-6-4-3-5-14(16)11-18/h3-10,12H,1-2H3. The summed E-state index contributed by atoms with van der Waals surface area (Å²) in [4.78, 5) is -0.0334. The third kappa shape index (κ3) is 3.01. The van der Waals surface area contributed by atoms with Gasteiger partial charge < -0.3 is 0 Å². The highest BCUT2D eigenvalue weighted by Gasteiger charge is 2.28. The molecule has 2 rings (SSSR count). The summed E-state index contributed by atoms with van der Waals surface area (Å²) in [5.74, 6) is -0.378. The monoisotopic (exact) mass is 318 g/mol. The zero-order chi connectivity index (χ0) is 16.3. The number of sulfonamides is 1. The molecular formula is C16H15FN2O2S. The van der Waals surface area contributed by atoms with Gasteiger partial charge in [0.15, 0.2) is 0 Å². The van der Waals surface area contributed by atoms with Gasteiger partial charge in [0, 0.05) is 13.1 Å². The molecule has 0 heterocycles. The second-order valence-corrected chi connectivity index (χ2v) is 6.82. The van der Waals surface area contributed by atoms with Crippen molar-refractivity contribution in [2.45, 2.75) is 17.9 Å². The molecule has 0 saturated carbocycles. The Kier molecular flexibility index (Phi) is 4.59. The fourth-order valence-electron chi connectivity index (χ4n) is 2.10. The molecule has 0 radical (unpaired) electrons. The first-order valence-electron chi connectivity index (χ1n) is 6.60. The van der Waals surface area contributed by atoms with Crippen LogP contribution >= 0.6 is 0 Å². The van der Waals surface area contributed by atoms with Crippen LogP contribution in [0.25, 0.3) is 0 Å². The first kappa shape index (κ1) is 16.1. The molecule has 0 fully saturated rings. The van der Waals surface area contributed by atoms with Gasteiger partial charge >= 0.3 is 0 Å². The fraction of sp³-hybridized carbons (Fsp3) is 0.188. The topological polar surface area (TPSA) is 61.2 Å². The molecule has 2 aromatic rings. The van der Waals surface area contributed by atoms with E-state index in [0.717, 1.165) is 0 Å². The van der Waals surface area contributed by atoms with Crippen LogP contribution in [0, 0.1) is 17.1 Å². The van der Waals surface area contributed by atoms with Crippen LogP contribution < -0.4 is 0 Å². The second-order valence-electron chi connectivity index (χ2n) is 4.86. The Bertz CT molecular complexity index is 811. The van der Waals surface area contributed by atoms with E-state index in [0.29, 0.717) is 5.56 Å². The number of halogens is 1. The highest BCUT2D eigenvalue weighted by Crippen LogP contribution is 2.27. The summed E-state index contributed by atoms with van der Waals surface area (Å²) >= 11 is 0. The Morgan fingerprint density at radius 2 is 1.73 bits per heavy atom. The van der Waals surface area contributed by atoms with E-state index >= 15 is 0 Å². The number of nitrogens with zero attached hydrogens (tertiary/aromatic N) is 2. The lowest BCUT2D eigenvalue weighted by molar-refractivity contribution is 0.398. The lowest BCUT2D eigenvalue weighted by Gasteiger charge is -2.25. The van der Waals surface area contributed by atoms with E-state index in [4.69, 9.17) is 5.26 Å². The summed E-state index contributed by atoms with van der Waals surface area (Å²) in [7, 11) is -2.38. The van der Waals surface area contributed by atoms with Crippen molar-refractivity contribution in [2.75, 3.05) is 7.05 Å². The SMILES string of the molecule is CC(c1ccc(F)cc1)N(C)S(=O)(=O)c1ccccc1C#N. The third-order valence-electron chi connectivity index (χ3n) is 3.56. The quantitative estimate of drug-likeness (QED) is 0.870. The smallest absolute Gasteiger partial charge is 0.207 e. The lowest BCUT2D eigenvalue weighted by Crippen LogP contribution is -2.30. The summed E-state index contributed by atoms with van der Waals surface area (Å²) in [6, 6.07) is 13.1. The van der Waals surface area contributed by atoms with E-state index in [1.54, 1.807) is 31.2 Å². The van der Waals surface area contributed by atoms with Gasteiger partial charge in [-0.1, -0.05) is 24.3 Å². The van der Waals surface area contributed by atoms with Gasteiger partial charge in [-0.2, -0.15) is 9.57 Å². The van der Waals surface area contributed by atoms with Crippen LogP contribution in [-0.2, 0) is 10.0 Å². The minimum atomic E-state index is -3.82. The molecule has 0 aromatic heterocycles. The first-order valence-corrected chi connectivity index (χ1v) is 8.04. The Balaban J connectivity index is 2.41. The molecule has 6 heteroatoms. The van der Waals surface area contributed by atoms with Crippen molar-refractivity contribution in [3.63, 3.8) is 0 Å². The van der Waals surface area contributed by atoms with Crippen LogP contribution in [0.3, 0.4) is 0 Å². The van der Waals surface area contributed by atoms with Crippen molar-refractivity contribution in [3.05, 3.63) is 65.5 Å². The van der Waals surface area contributed by atoms with E-state index in [1.807, 2.05) is 6.07 Å².